The zero-order valence-electron chi connectivity index (χ0n) is 13.5. The zero-order valence-corrected chi connectivity index (χ0v) is 13.5. The minimum absolute atomic E-state index is 0.245. The van der Waals surface area contributed by atoms with Crippen molar-refractivity contribution in [3.8, 4) is 0 Å². The van der Waals surface area contributed by atoms with Crippen LogP contribution in [-0.2, 0) is 19.3 Å². The molecule has 0 saturated carbocycles. The van der Waals surface area contributed by atoms with Gasteiger partial charge in [0.05, 0.1) is 6.67 Å². The first-order valence-electron chi connectivity index (χ1n) is 8.42. The van der Waals surface area contributed by atoms with Crippen LogP contribution in [0.25, 0.3) is 0 Å². The number of anilines is 1. The number of halogens is 1. The second kappa shape index (κ2) is 8.38. The molecule has 2 N–H and O–H groups in total. The van der Waals surface area contributed by atoms with Gasteiger partial charge in [-0.15, -0.1) is 0 Å². The normalized spacial score (nSPS) is 14.6. The molecule has 118 valence electrons. The predicted molar refractivity (Wildman–Crippen MR) is 89.2 cm³/mol. The molecule has 0 bridgehead atoms. The van der Waals surface area contributed by atoms with Crippen molar-refractivity contribution in [1.82, 2.24) is 5.32 Å². The molecular formula is C18H29FN2. The van der Waals surface area contributed by atoms with Gasteiger partial charge in [-0.25, -0.2) is 0 Å². The fraction of sp³-hybridized carbons (Fsp3) is 0.667. The molecule has 3 heteroatoms. The number of hydrogen-bond acceptors (Lipinski definition) is 2. The SMILES string of the molecule is CCCCc1cc2c(c(C)c1NCCCF)CCNCC2. The molecule has 1 heterocycles. The lowest BCUT2D eigenvalue weighted by Gasteiger charge is -2.20. The molecule has 0 spiro atoms. The highest BCUT2D eigenvalue weighted by molar-refractivity contribution is 5.63. The number of unbranched alkanes of at least 4 members (excludes halogenated alkanes) is 1. The highest BCUT2D eigenvalue weighted by Crippen LogP contribution is 2.30. The number of aryl methyl sites for hydroxylation is 1. The Kier molecular flexibility index (Phi) is 6.50. The van der Waals surface area contributed by atoms with Gasteiger partial charge in [0.2, 0.25) is 0 Å². The highest BCUT2D eigenvalue weighted by Gasteiger charge is 2.16. The van der Waals surface area contributed by atoms with E-state index < -0.39 is 0 Å². The summed E-state index contributed by atoms with van der Waals surface area (Å²) in [6.45, 7) is 7.09. The van der Waals surface area contributed by atoms with Gasteiger partial charge in [-0.2, -0.15) is 0 Å². The molecule has 2 rings (SSSR count). The molecule has 1 aliphatic heterocycles. The Morgan fingerprint density at radius 3 is 2.81 bits per heavy atom. The van der Waals surface area contributed by atoms with E-state index in [1.807, 2.05) is 0 Å². The summed E-state index contributed by atoms with van der Waals surface area (Å²) in [5.41, 5.74) is 7.11. The second-order valence-corrected chi connectivity index (χ2v) is 6.00. The molecule has 0 saturated heterocycles. The first-order chi connectivity index (χ1) is 10.3. The van der Waals surface area contributed by atoms with Crippen LogP contribution in [0.4, 0.5) is 10.1 Å². The minimum Gasteiger partial charge on any atom is -0.385 e. The van der Waals surface area contributed by atoms with E-state index in [1.54, 1.807) is 0 Å². The summed E-state index contributed by atoms with van der Waals surface area (Å²) in [4.78, 5) is 0. The number of fused-ring (bicyclic) bond motifs is 1. The summed E-state index contributed by atoms with van der Waals surface area (Å²) in [6.07, 6.45) is 6.37. The average molecular weight is 292 g/mol. The van der Waals surface area contributed by atoms with Gasteiger partial charge in [0, 0.05) is 12.2 Å². The Labute approximate surface area is 128 Å². The van der Waals surface area contributed by atoms with Crippen molar-refractivity contribution in [1.29, 1.82) is 0 Å². The van der Waals surface area contributed by atoms with Crippen LogP contribution in [0.3, 0.4) is 0 Å². The summed E-state index contributed by atoms with van der Waals surface area (Å²) in [7, 11) is 0. The molecule has 0 aromatic heterocycles. The van der Waals surface area contributed by atoms with Crippen molar-refractivity contribution >= 4 is 5.69 Å². The Balaban J connectivity index is 2.31. The summed E-state index contributed by atoms with van der Waals surface area (Å²) >= 11 is 0. The van der Waals surface area contributed by atoms with E-state index in [0.29, 0.717) is 6.42 Å². The molecule has 21 heavy (non-hydrogen) atoms. The zero-order chi connectivity index (χ0) is 15.1. The molecule has 1 aromatic rings. The van der Waals surface area contributed by atoms with Crippen LogP contribution in [-0.4, -0.2) is 26.3 Å². The Morgan fingerprint density at radius 1 is 1.24 bits per heavy atom. The molecule has 0 radical (unpaired) electrons. The molecule has 0 aliphatic carbocycles. The van der Waals surface area contributed by atoms with Crippen LogP contribution < -0.4 is 10.6 Å². The van der Waals surface area contributed by atoms with Crippen molar-refractivity contribution < 1.29 is 4.39 Å². The van der Waals surface area contributed by atoms with Crippen molar-refractivity contribution in [3.63, 3.8) is 0 Å². The fourth-order valence-corrected chi connectivity index (χ4v) is 3.23. The standard InChI is InChI=1S/C18H29FN2/c1-3-4-6-16-13-15-7-11-20-12-8-17(15)14(2)18(16)21-10-5-9-19/h13,20-21H,3-12H2,1-2H3. The Bertz CT molecular complexity index is 457. The third-order valence-corrected chi connectivity index (χ3v) is 4.42. The van der Waals surface area contributed by atoms with Gasteiger partial charge in [0.1, 0.15) is 0 Å². The number of benzene rings is 1. The average Bonchev–Trinajstić information content (AvgIpc) is 2.73. The highest BCUT2D eigenvalue weighted by atomic mass is 19.1. The Hall–Kier alpha value is -1.09. The molecule has 1 aliphatic rings. The van der Waals surface area contributed by atoms with Crippen molar-refractivity contribution in [2.75, 3.05) is 31.6 Å². The maximum atomic E-state index is 12.4. The lowest BCUT2D eigenvalue weighted by Crippen LogP contribution is -2.16. The van der Waals surface area contributed by atoms with Crippen LogP contribution in [0.1, 0.15) is 48.4 Å². The lowest BCUT2D eigenvalue weighted by molar-refractivity contribution is 0.481. The first-order valence-corrected chi connectivity index (χ1v) is 8.42. The van der Waals surface area contributed by atoms with Crippen LogP contribution in [0.15, 0.2) is 6.07 Å². The van der Waals surface area contributed by atoms with Crippen molar-refractivity contribution in [2.24, 2.45) is 0 Å². The molecule has 0 atom stereocenters. The van der Waals surface area contributed by atoms with Crippen LogP contribution >= 0.6 is 0 Å². The predicted octanol–water partition coefficient (Wildman–Crippen LogP) is 3.80. The number of rotatable bonds is 7. The van der Waals surface area contributed by atoms with Gasteiger partial charge in [-0.05, 0) is 74.4 Å². The number of nitrogens with one attached hydrogen (secondary N) is 2. The number of alkyl halides is 1. The van der Waals surface area contributed by atoms with Crippen LogP contribution in [0.5, 0.6) is 0 Å². The van der Waals surface area contributed by atoms with Crippen LogP contribution in [0, 0.1) is 6.92 Å². The maximum Gasteiger partial charge on any atom is 0.0911 e. The first kappa shape index (κ1) is 16.3. The van der Waals surface area contributed by atoms with Gasteiger partial charge in [-0.1, -0.05) is 19.4 Å². The van der Waals surface area contributed by atoms with E-state index in [2.05, 4.69) is 30.5 Å². The van der Waals surface area contributed by atoms with E-state index in [1.165, 1.54) is 40.8 Å². The van der Waals surface area contributed by atoms with Crippen LogP contribution in [0.2, 0.25) is 0 Å². The third kappa shape index (κ3) is 4.19. The molecule has 0 amide bonds. The molecule has 1 aromatic carbocycles. The summed E-state index contributed by atoms with van der Waals surface area (Å²) in [5, 5.41) is 6.99. The van der Waals surface area contributed by atoms with E-state index in [0.717, 1.165) is 38.9 Å². The number of hydrogen-bond donors (Lipinski definition) is 2. The van der Waals surface area contributed by atoms with E-state index in [9.17, 15) is 4.39 Å². The van der Waals surface area contributed by atoms with Crippen molar-refractivity contribution in [3.05, 3.63) is 28.3 Å². The second-order valence-electron chi connectivity index (χ2n) is 6.00. The van der Waals surface area contributed by atoms with E-state index in [-0.39, 0.29) is 6.67 Å². The van der Waals surface area contributed by atoms with Gasteiger partial charge in [0.25, 0.3) is 0 Å². The summed E-state index contributed by atoms with van der Waals surface area (Å²) < 4.78 is 12.4. The third-order valence-electron chi connectivity index (χ3n) is 4.42. The van der Waals surface area contributed by atoms with Gasteiger partial charge in [0.15, 0.2) is 0 Å². The summed E-state index contributed by atoms with van der Waals surface area (Å²) in [5.74, 6) is 0. The maximum absolute atomic E-state index is 12.4. The molecule has 2 nitrogen and oxygen atoms in total. The Morgan fingerprint density at radius 2 is 2.05 bits per heavy atom. The van der Waals surface area contributed by atoms with Gasteiger partial charge < -0.3 is 10.6 Å². The smallest absolute Gasteiger partial charge is 0.0911 e. The quantitative estimate of drug-likeness (QED) is 0.747. The minimum atomic E-state index is -0.245. The van der Waals surface area contributed by atoms with E-state index in [4.69, 9.17) is 0 Å². The largest absolute Gasteiger partial charge is 0.385 e. The topological polar surface area (TPSA) is 24.1 Å². The fourth-order valence-electron chi connectivity index (χ4n) is 3.23. The molecular weight excluding hydrogens is 263 g/mol. The molecule has 0 fully saturated rings. The van der Waals surface area contributed by atoms with Crippen molar-refractivity contribution in [2.45, 2.75) is 52.4 Å². The van der Waals surface area contributed by atoms with Gasteiger partial charge in [-0.3, -0.25) is 4.39 Å². The summed E-state index contributed by atoms with van der Waals surface area (Å²) in [6, 6.07) is 2.41. The monoisotopic (exact) mass is 292 g/mol. The molecule has 0 unspecified atom stereocenters. The van der Waals surface area contributed by atoms with E-state index >= 15 is 0 Å². The lowest BCUT2D eigenvalue weighted by atomic mass is 9.91. The van der Waals surface area contributed by atoms with Gasteiger partial charge >= 0.3 is 0 Å².